The van der Waals surface area contributed by atoms with E-state index in [2.05, 4.69) is 23.2 Å². The second-order valence-corrected chi connectivity index (χ2v) is 5.93. The summed E-state index contributed by atoms with van der Waals surface area (Å²) in [4.78, 5) is 2.42. The molecule has 2 rings (SSSR count). The molecule has 2 atom stereocenters. The number of rotatable bonds is 4. The molecule has 1 aromatic carbocycles. The summed E-state index contributed by atoms with van der Waals surface area (Å²) in [5, 5.41) is 13.1. The van der Waals surface area contributed by atoms with Gasteiger partial charge in [0.2, 0.25) is 0 Å². The molecule has 0 aromatic heterocycles. The van der Waals surface area contributed by atoms with Crippen molar-refractivity contribution in [1.29, 1.82) is 5.26 Å². The van der Waals surface area contributed by atoms with Gasteiger partial charge in [0, 0.05) is 39.3 Å². The second-order valence-electron chi connectivity index (χ2n) is 5.52. The van der Waals surface area contributed by atoms with Crippen LogP contribution in [0.25, 0.3) is 0 Å². The number of halogens is 1. The van der Waals surface area contributed by atoms with E-state index in [9.17, 15) is 5.26 Å². The SMILES string of the molecule is COC(CN1CCNCC1C)c1ccc(Cl)c(C#N)c1C. The Morgan fingerprint density at radius 2 is 2.33 bits per heavy atom. The lowest BCUT2D eigenvalue weighted by molar-refractivity contribution is 0.0428. The Bertz CT molecular complexity index is 541. The number of piperazine rings is 1. The highest BCUT2D eigenvalue weighted by Crippen LogP contribution is 2.29. The van der Waals surface area contributed by atoms with Gasteiger partial charge in [-0.25, -0.2) is 0 Å². The zero-order chi connectivity index (χ0) is 15.4. The topological polar surface area (TPSA) is 48.3 Å². The van der Waals surface area contributed by atoms with Crippen LogP contribution < -0.4 is 5.32 Å². The largest absolute Gasteiger partial charge is 0.375 e. The molecule has 0 aliphatic carbocycles. The van der Waals surface area contributed by atoms with Crippen LogP contribution in [0, 0.1) is 18.3 Å². The summed E-state index contributed by atoms with van der Waals surface area (Å²) in [5.74, 6) is 0. The Labute approximate surface area is 131 Å². The number of hydrogen-bond acceptors (Lipinski definition) is 4. The van der Waals surface area contributed by atoms with Gasteiger partial charge in [0.05, 0.1) is 16.7 Å². The second kappa shape index (κ2) is 7.24. The first kappa shape index (κ1) is 16.3. The average molecular weight is 308 g/mol. The summed E-state index contributed by atoms with van der Waals surface area (Å²) in [6, 6.07) is 6.43. The van der Waals surface area contributed by atoms with Gasteiger partial charge in [-0.1, -0.05) is 17.7 Å². The van der Waals surface area contributed by atoms with Gasteiger partial charge < -0.3 is 10.1 Å². The number of nitrogens with one attached hydrogen (secondary N) is 1. The summed E-state index contributed by atoms with van der Waals surface area (Å²) in [6.07, 6.45) is -0.0464. The van der Waals surface area contributed by atoms with Crippen LogP contribution in [0.15, 0.2) is 12.1 Å². The van der Waals surface area contributed by atoms with E-state index >= 15 is 0 Å². The Kier molecular flexibility index (Phi) is 5.60. The van der Waals surface area contributed by atoms with E-state index < -0.39 is 0 Å². The molecule has 0 bridgehead atoms. The fourth-order valence-electron chi connectivity index (χ4n) is 2.85. The standard InChI is InChI=1S/C16H22ClN3O/c1-11-9-19-6-7-20(11)10-16(21-3)13-4-5-15(17)14(8-18)12(13)2/h4-5,11,16,19H,6-7,9-10H2,1-3H3. The third-order valence-corrected chi connectivity index (χ3v) is 4.55. The van der Waals surface area contributed by atoms with Crippen LogP contribution in [0.2, 0.25) is 5.02 Å². The Hall–Kier alpha value is -1.12. The van der Waals surface area contributed by atoms with E-state index in [0.717, 1.165) is 37.3 Å². The normalized spacial score (nSPS) is 21.0. The Balaban J connectivity index is 2.23. The van der Waals surface area contributed by atoms with E-state index in [4.69, 9.17) is 16.3 Å². The number of nitriles is 1. The molecule has 1 aliphatic rings. The molecule has 1 aliphatic heterocycles. The first-order valence-corrected chi connectivity index (χ1v) is 7.63. The van der Waals surface area contributed by atoms with Crippen molar-refractivity contribution in [2.45, 2.75) is 26.0 Å². The van der Waals surface area contributed by atoms with Crippen LogP contribution in [0.3, 0.4) is 0 Å². The molecular formula is C16H22ClN3O. The fourth-order valence-corrected chi connectivity index (χ4v) is 3.09. The van der Waals surface area contributed by atoms with E-state index in [1.807, 2.05) is 13.0 Å². The van der Waals surface area contributed by atoms with Gasteiger partial charge >= 0.3 is 0 Å². The molecular weight excluding hydrogens is 286 g/mol. The molecule has 0 saturated carbocycles. The molecule has 1 heterocycles. The summed E-state index contributed by atoms with van der Waals surface area (Å²) < 4.78 is 5.69. The van der Waals surface area contributed by atoms with Crippen LogP contribution in [0.4, 0.5) is 0 Å². The molecule has 1 saturated heterocycles. The molecule has 1 aromatic rings. The van der Waals surface area contributed by atoms with E-state index in [-0.39, 0.29) is 6.10 Å². The van der Waals surface area contributed by atoms with Crippen molar-refractivity contribution in [3.05, 3.63) is 33.8 Å². The fraction of sp³-hybridized carbons (Fsp3) is 0.562. The number of hydrogen-bond donors (Lipinski definition) is 1. The lowest BCUT2D eigenvalue weighted by atomic mass is 9.98. The molecule has 5 heteroatoms. The van der Waals surface area contributed by atoms with E-state index in [1.54, 1.807) is 13.2 Å². The van der Waals surface area contributed by atoms with Crippen LogP contribution in [-0.2, 0) is 4.74 Å². The van der Waals surface area contributed by atoms with Crippen LogP contribution in [0.5, 0.6) is 0 Å². The molecule has 1 fully saturated rings. The maximum atomic E-state index is 9.25. The highest BCUT2D eigenvalue weighted by Gasteiger charge is 2.24. The van der Waals surface area contributed by atoms with Crippen molar-refractivity contribution in [1.82, 2.24) is 10.2 Å². The summed E-state index contributed by atoms with van der Waals surface area (Å²) in [7, 11) is 1.72. The Morgan fingerprint density at radius 3 is 2.95 bits per heavy atom. The minimum Gasteiger partial charge on any atom is -0.375 e. The van der Waals surface area contributed by atoms with Crippen molar-refractivity contribution >= 4 is 11.6 Å². The van der Waals surface area contributed by atoms with Crippen molar-refractivity contribution in [2.75, 3.05) is 33.3 Å². The number of benzene rings is 1. The molecule has 2 unspecified atom stereocenters. The number of methoxy groups -OCH3 is 1. The minimum absolute atomic E-state index is 0.0464. The third kappa shape index (κ3) is 3.56. The zero-order valence-corrected chi connectivity index (χ0v) is 13.6. The van der Waals surface area contributed by atoms with Crippen LogP contribution in [0.1, 0.15) is 29.7 Å². The number of nitrogens with zero attached hydrogens (tertiary/aromatic N) is 2. The van der Waals surface area contributed by atoms with Crippen molar-refractivity contribution in [2.24, 2.45) is 0 Å². The lowest BCUT2D eigenvalue weighted by Gasteiger charge is -2.36. The highest BCUT2D eigenvalue weighted by molar-refractivity contribution is 6.31. The minimum atomic E-state index is -0.0464. The Morgan fingerprint density at radius 1 is 1.57 bits per heavy atom. The maximum Gasteiger partial charge on any atom is 0.101 e. The van der Waals surface area contributed by atoms with Gasteiger partial charge in [-0.05, 0) is 31.0 Å². The summed E-state index contributed by atoms with van der Waals surface area (Å²) in [5.41, 5.74) is 2.51. The van der Waals surface area contributed by atoms with Gasteiger partial charge in [-0.15, -0.1) is 0 Å². The highest BCUT2D eigenvalue weighted by atomic mass is 35.5. The average Bonchev–Trinajstić information content (AvgIpc) is 2.48. The molecule has 0 amide bonds. The summed E-state index contributed by atoms with van der Waals surface area (Å²) in [6.45, 7) is 8.00. The predicted molar refractivity (Wildman–Crippen MR) is 84.6 cm³/mol. The van der Waals surface area contributed by atoms with Gasteiger partial charge in [0.1, 0.15) is 6.07 Å². The third-order valence-electron chi connectivity index (χ3n) is 4.24. The molecule has 1 N–H and O–H groups in total. The number of ether oxygens (including phenoxy) is 1. The van der Waals surface area contributed by atoms with Crippen molar-refractivity contribution in [3.8, 4) is 6.07 Å². The zero-order valence-electron chi connectivity index (χ0n) is 12.8. The van der Waals surface area contributed by atoms with Crippen LogP contribution >= 0.6 is 11.6 Å². The smallest absolute Gasteiger partial charge is 0.101 e. The quantitative estimate of drug-likeness (QED) is 0.928. The molecule has 114 valence electrons. The van der Waals surface area contributed by atoms with E-state index in [1.165, 1.54) is 0 Å². The van der Waals surface area contributed by atoms with Crippen LogP contribution in [-0.4, -0.2) is 44.2 Å². The molecule has 0 spiro atoms. The lowest BCUT2D eigenvalue weighted by Crippen LogP contribution is -2.51. The first-order valence-electron chi connectivity index (χ1n) is 7.25. The van der Waals surface area contributed by atoms with Gasteiger partial charge in [-0.3, -0.25) is 4.90 Å². The first-order chi connectivity index (χ1) is 10.1. The maximum absolute atomic E-state index is 9.25. The van der Waals surface area contributed by atoms with Gasteiger partial charge in [0.15, 0.2) is 0 Å². The molecule has 21 heavy (non-hydrogen) atoms. The predicted octanol–water partition coefficient (Wildman–Crippen LogP) is 2.50. The summed E-state index contributed by atoms with van der Waals surface area (Å²) >= 11 is 6.08. The van der Waals surface area contributed by atoms with E-state index in [0.29, 0.717) is 16.6 Å². The molecule has 0 radical (unpaired) electrons. The van der Waals surface area contributed by atoms with Gasteiger partial charge in [0.25, 0.3) is 0 Å². The monoisotopic (exact) mass is 307 g/mol. The van der Waals surface area contributed by atoms with Crippen molar-refractivity contribution in [3.63, 3.8) is 0 Å². The van der Waals surface area contributed by atoms with Gasteiger partial charge in [-0.2, -0.15) is 5.26 Å². The molecule has 4 nitrogen and oxygen atoms in total. The van der Waals surface area contributed by atoms with Crippen molar-refractivity contribution < 1.29 is 4.74 Å².